The summed E-state index contributed by atoms with van der Waals surface area (Å²) in [4.78, 5) is 17.4. The number of piperidine rings is 1. The van der Waals surface area contributed by atoms with Crippen molar-refractivity contribution in [1.29, 1.82) is 0 Å². The number of aliphatic imine (C=N–C) groups is 1. The van der Waals surface area contributed by atoms with Gasteiger partial charge in [-0.15, -0.1) is 24.0 Å². The zero-order valence-electron chi connectivity index (χ0n) is 14.9. The van der Waals surface area contributed by atoms with Crippen molar-refractivity contribution in [2.24, 2.45) is 4.99 Å². The molecule has 0 atom stereocenters. The molecule has 0 aromatic rings. The minimum atomic E-state index is -3.10. The number of guanidine groups is 1. The first kappa shape index (κ1) is 23.4. The van der Waals surface area contributed by atoms with Crippen LogP contribution >= 0.6 is 24.0 Å². The van der Waals surface area contributed by atoms with Crippen LogP contribution in [0.15, 0.2) is 4.99 Å². The second-order valence-corrected chi connectivity index (χ2v) is 7.96. The summed E-state index contributed by atoms with van der Waals surface area (Å²) >= 11 is 0. The number of hydrogen-bond donors (Lipinski definition) is 2. The summed E-state index contributed by atoms with van der Waals surface area (Å²) in [7, 11) is 0.288. The number of carbonyl (C=O) groups is 1. The van der Waals surface area contributed by atoms with Crippen LogP contribution in [0.3, 0.4) is 0 Å². The van der Waals surface area contributed by atoms with Gasteiger partial charge in [0.1, 0.15) is 6.54 Å². The van der Waals surface area contributed by atoms with Crippen LogP contribution in [0, 0.1) is 0 Å². The standard InChI is InChI=1S/C14H29N5O3S.HI/c1-5-15-14(16-11-13(20)18(3)4)17-12-7-9-19(10-8-12)23(21,22)6-2;/h12H,5-11H2,1-4H3,(H2,15,16,17);1H. The van der Waals surface area contributed by atoms with E-state index in [-0.39, 0.29) is 48.2 Å². The Balaban J connectivity index is 0.00000529. The Hall–Kier alpha value is -0.620. The molecule has 0 aromatic heterocycles. The zero-order chi connectivity index (χ0) is 17.5. The zero-order valence-corrected chi connectivity index (χ0v) is 18.1. The molecule has 10 heteroatoms. The fraction of sp³-hybridized carbons (Fsp3) is 0.857. The second-order valence-electron chi connectivity index (χ2n) is 5.70. The number of rotatable bonds is 6. The number of nitrogens with zero attached hydrogens (tertiary/aromatic N) is 3. The maximum atomic E-state index is 11.9. The van der Waals surface area contributed by atoms with Gasteiger partial charge in [-0.05, 0) is 26.7 Å². The van der Waals surface area contributed by atoms with E-state index in [4.69, 9.17) is 0 Å². The van der Waals surface area contributed by atoms with Crippen LogP contribution in [-0.4, -0.2) is 81.6 Å². The molecule has 0 aromatic carbocycles. The maximum Gasteiger partial charge on any atom is 0.243 e. The number of carbonyl (C=O) groups excluding carboxylic acids is 1. The van der Waals surface area contributed by atoms with Crippen molar-refractivity contribution < 1.29 is 13.2 Å². The van der Waals surface area contributed by atoms with E-state index in [1.54, 1.807) is 25.3 Å². The number of halogens is 1. The number of sulfonamides is 1. The summed E-state index contributed by atoms with van der Waals surface area (Å²) in [6.07, 6.45) is 1.45. The number of hydrogen-bond acceptors (Lipinski definition) is 4. The third kappa shape index (κ3) is 7.51. The van der Waals surface area contributed by atoms with Gasteiger partial charge in [0.2, 0.25) is 15.9 Å². The van der Waals surface area contributed by atoms with E-state index in [0.717, 1.165) is 12.8 Å². The van der Waals surface area contributed by atoms with Gasteiger partial charge in [-0.25, -0.2) is 17.7 Å². The van der Waals surface area contributed by atoms with Gasteiger partial charge in [-0.1, -0.05) is 0 Å². The van der Waals surface area contributed by atoms with Gasteiger partial charge in [-0.2, -0.15) is 0 Å². The number of likely N-dealkylation sites (N-methyl/N-ethyl adjacent to an activating group) is 1. The third-order valence-corrected chi connectivity index (χ3v) is 5.65. The van der Waals surface area contributed by atoms with Crippen molar-refractivity contribution >= 4 is 45.9 Å². The van der Waals surface area contributed by atoms with Crippen LogP contribution < -0.4 is 10.6 Å². The van der Waals surface area contributed by atoms with Gasteiger partial charge in [-0.3, -0.25) is 4.79 Å². The highest BCUT2D eigenvalue weighted by atomic mass is 127. The van der Waals surface area contributed by atoms with Crippen LogP contribution in [0.2, 0.25) is 0 Å². The first-order chi connectivity index (χ1) is 10.8. The molecule has 0 unspecified atom stereocenters. The summed E-state index contributed by atoms with van der Waals surface area (Å²) in [5.74, 6) is 0.674. The minimum Gasteiger partial charge on any atom is -0.357 e. The Morgan fingerprint density at radius 2 is 1.83 bits per heavy atom. The molecule has 0 bridgehead atoms. The molecule has 1 aliphatic rings. The summed E-state index contributed by atoms with van der Waals surface area (Å²) in [5, 5.41) is 6.40. The number of nitrogens with one attached hydrogen (secondary N) is 2. The lowest BCUT2D eigenvalue weighted by molar-refractivity contribution is -0.127. The summed E-state index contributed by atoms with van der Waals surface area (Å²) < 4.78 is 25.3. The van der Waals surface area contributed by atoms with E-state index in [2.05, 4.69) is 15.6 Å². The van der Waals surface area contributed by atoms with Gasteiger partial charge >= 0.3 is 0 Å². The largest absolute Gasteiger partial charge is 0.357 e. The highest BCUT2D eigenvalue weighted by Crippen LogP contribution is 2.14. The Labute approximate surface area is 162 Å². The highest BCUT2D eigenvalue weighted by molar-refractivity contribution is 14.0. The lowest BCUT2D eigenvalue weighted by Gasteiger charge is -2.32. The van der Waals surface area contributed by atoms with Crippen molar-refractivity contribution in [2.45, 2.75) is 32.7 Å². The highest BCUT2D eigenvalue weighted by Gasteiger charge is 2.27. The summed E-state index contributed by atoms with van der Waals surface area (Å²) in [6, 6.07) is 0.158. The third-order valence-electron chi connectivity index (χ3n) is 3.77. The molecule has 2 N–H and O–H groups in total. The van der Waals surface area contributed by atoms with Crippen molar-refractivity contribution in [3.8, 4) is 0 Å². The van der Waals surface area contributed by atoms with E-state index in [1.807, 2.05) is 6.92 Å². The van der Waals surface area contributed by atoms with Crippen LogP contribution in [-0.2, 0) is 14.8 Å². The molecule has 0 saturated carbocycles. The van der Waals surface area contributed by atoms with E-state index >= 15 is 0 Å². The monoisotopic (exact) mass is 475 g/mol. The Bertz CT molecular complexity index is 517. The molecule has 1 rings (SSSR count). The molecule has 142 valence electrons. The van der Waals surface area contributed by atoms with Crippen LogP contribution in [0.25, 0.3) is 0 Å². The molecule has 1 heterocycles. The number of amides is 1. The lowest BCUT2D eigenvalue weighted by atomic mass is 10.1. The molecular formula is C14H30IN5O3S. The average molecular weight is 475 g/mol. The van der Waals surface area contributed by atoms with Gasteiger partial charge in [0, 0.05) is 39.8 Å². The second kappa shape index (κ2) is 11.1. The van der Waals surface area contributed by atoms with E-state index in [1.165, 1.54) is 4.90 Å². The molecule has 1 aliphatic heterocycles. The van der Waals surface area contributed by atoms with E-state index in [0.29, 0.717) is 25.6 Å². The minimum absolute atomic E-state index is 0. The average Bonchev–Trinajstić information content (AvgIpc) is 2.52. The summed E-state index contributed by atoms with van der Waals surface area (Å²) in [5.41, 5.74) is 0. The van der Waals surface area contributed by atoms with Gasteiger partial charge in [0.15, 0.2) is 5.96 Å². The quantitative estimate of drug-likeness (QED) is 0.322. The molecule has 1 amide bonds. The molecule has 0 spiro atoms. The first-order valence-electron chi connectivity index (χ1n) is 8.03. The van der Waals surface area contributed by atoms with Crippen LogP contribution in [0.1, 0.15) is 26.7 Å². The molecule has 1 saturated heterocycles. The lowest BCUT2D eigenvalue weighted by Crippen LogP contribution is -2.50. The molecule has 0 radical (unpaired) electrons. The molecule has 1 fully saturated rings. The van der Waals surface area contributed by atoms with Crippen molar-refractivity contribution in [3.05, 3.63) is 0 Å². The molecule has 0 aliphatic carbocycles. The normalized spacial score (nSPS) is 17.1. The smallest absolute Gasteiger partial charge is 0.243 e. The Kier molecular flexibility index (Phi) is 10.8. The Morgan fingerprint density at radius 1 is 1.25 bits per heavy atom. The molecule has 8 nitrogen and oxygen atoms in total. The van der Waals surface area contributed by atoms with Crippen molar-refractivity contribution in [1.82, 2.24) is 19.8 Å². The Morgan fingerprint density at radius 3 is 2.29 bits per heavy atom. The predicted octanol–water partition coefficient (Wildman–Crippen LogP) is 0.0618. The van der Waals surface area contributed by atoms with Gasteiger partial charge in [0.25, 0.3) is 0 Å². The maximum absolute atomic E-state index is 11.9. The fourth-order valence-electron chi connectivity index (χ4n) is 2.26. The summed E-state index contributed by atoms with van der Waals surface area (Å²) in [6.45, 7) is 5.45. The van der Waals surface area contributed by atoms with Crippen molar-refractivity contribution in [2.75, 3.05) is 46.0 Å². The van der Waals surface area contributed by atoms with Gasteiger partial charge < -0.3 is 15.5 Å². The van der Waals surface area contributed by atoms with E-state index in [9.17, 15) is 13.2 Å². The fourth-order valence-corrected chi connectivity index (χ4v) is 3.39. The topological polar surface area (TPSA) is 94.1 Å². The first-order valence-corrected chi connectivity index (χ1v) is 9.63. The molecule has 24 heavy (non-hydrogen) atoms. The van der Waals surface area contributed by atoms with Crippen LogP contribution in [0.4, 0.5) is 0 Å². The SMILES string of the molecule is CCNC(=NCC(=O)N(C)C)NC1CCN(S(=O)(=O)CC)CC1.I. The van der Waals surface area contributed by atoms with Crippen LogP contribution in [0.5, 0.6) is 0 Å². The van der Waals surface area contributed by atoms with E-state index < -0.39 is 10.0 Å². The predicted molar refractivity (Wildman–Crippen MR) is 107 cm³/mol. The van der Waals surface area contributed by atoms with Gasteiger partial charge in [0.05, 0.1) is 5.75 Å². The van der Waals surface area contributed by atoms with Crippen molar-refractivity contribution in [3.63, 3.8) is 0 Å². The molecular weight excluding hydrogens is 445 g/mol.